The van der Waals surface area contributed by atoms with Gasteiger partial charge in [0.1, 0.15) is 0 Å². The van der Waals surface area contributed by atoms with Gasteiger partial charge in [0.05, 0.1) is 11.2 Å². The van der Waals surface area contributed by atoms with Crippen molar-refractivity contribution < 1.29 is 0 Å². The minimum Gasteiger partial charge on any atom is -0.301 e. The zero-order valence-electron chi connectivity index (χ0n) is 8.34. The van der Waals surface area contributed by atoms with E-state index in [1.165, 1.54) is 4.88 Å². The largest absolute Gasteiger partial charge is 0.301 e. The van der Waals surface area contributed by atoms with Gasteiger partial charge < -0.3 is 4.90 Å². The zero-order valence-corrected chi connectivity index (χ0v) is 9.16. The van der Waals surface area contributed by atoms with Gasteiger partial charge in [-0.15, -0.1) is 11.3 Å². The number of likely N-dealkylation sites (N-methyl/N-ethyl adjacent to an activating group) is 1. The van der Waals surface area contributed by atoms with Gasteiger partial charge in [0, 0.05) is 29.4 Å². The molecular weight excluding hydrogens is 198 g/mol. The predicted molar refractivity (Wildman–Crippen MR) is 57.2 cm³/mol. The van der Waals surface area contributed by atoms with E-state index in [-0.39, 0.29) is 0 Å². The molecule has 0 amide bonds. The first-order chi connectivity index (χ1) is 6.74. The molecule has 76 valence electrons. The van der Waals surface area contributed by atoms with Gasteiger partial charge in [-0.25, -0.2) is 4.98 Å². The maximum Gasteiger partial charge on any atom is 0.0798 e. The van der Waals surface area contributed by atoms with Crippen LogP contribution >= 0.6 is 11.3 Å². The third-order valence-corrected chi connectivity index (χ3v) is 2.82. The van der Waals surface area contributed by atoms with Crippen LogP contribution in [0.1, 0.15) is 10.6 Å². The summed E-state index contributed by atoms with van der Waals surface area (Å²) < 4.78 is 0. The van der Waals surface area contributed by atoms with Crippen molar-refractivity contribution in [2.24, 2.45) is 5.11 Å². The topological polar surface area (TPSA) is 64.9 Å². The highest BCUT2D eigenvalue weighted by Crippen LogP contribution is 2.13. The second-order valence-electron chi connectivity index (χ2n) is 3.05. The molecule has 0 aliphatic carbocycles. The molecule has 0 saturated heterocycles. The first-order valence-electron chi connectivity index (χ1n) is 4.32. The molecule has 0 aliphatic rings. The summed E-state index contributed by atoms with van der Waals surface area (Å²) in [6.45, 7) is 4.18. The van der Waals surface area contributed by atoms with Crippen LogP contribution in [0, 0.1) is 6.92 Å². The van der Waals surface area contributed by atoms with E-state index in [1.807, 2.05) is 19.5 Å². The van der Waals surface area contributed by atoms with Crippen molar-refractivity contribution in [3.8, 4) is 0 Å². The Labute approximate surface area is 87.0 Å². The van der Waals surface area contributed by atoms with E-state index in [9.17, 15) is 0 Å². The van der Waals surface area contributed by atoms with Crippen LogP contribution in [0.2, 0.25) is 0 Å². The van der Waals surface area contributed by atoms with E-state index in [2.05, 4.69) is 19.9 Å². The molecule has 1 aromatic heterocycles. The smallest absolute Gasteiger partial charge is 0.0798 e. The lowest BCUT2D eigenvalue weighted by atomic mass is 10.3. The number of hydrogen-bond donors (Lipinski definition) is 0. The summed E-state index contributed by atoms with van der Waals surface area (Å²) in [6.07, 6.45) is 0. The fraction of sp³-hybridized carbons (Fsp3) is 0.625. The normalized spacial score (nSPS) is 10.2. The van der Waals surface area contributed by atoms with Gasteiger partial charge in [-0.1, -0.05) is 5.11 Å². The molecule has 0 atom stereocenters. The van der Waals surface area contributed by atoms with Crippen molar-refractivity contribution >= 4 is 11.3 Å². The van der Waals surface area contributed by atoms with E-state index >= 15 is 0 Å². The van der Waals surface area contributed by atoms with Crippen molar-refractivity contribution in [3.05, 3.63) is 26.5 Å². The molecule has 6 heteroatoms. The van der Waals surface area contributed by atoms with Crippen LogP contribution in [0.15, 0.2) is 10.6 Å². The van der Waals surface area contributed by atoms with Crippen molar-refractivity contribution in [2.45, 2.75) is 13.5 Å². The van der Waals surface area contributed by atoms with Gasteiger partial charge in [-0.05, 0) is 19.5 Å². The summed E-state index contributed by atoms with van der Waals surface area (Å²) in [6, 6.07) is 0. The van der Waals surface area contributed by atoms with Gasteiger partial charge in [-0.3, -0.25) is 0 Å². The standard InChI is InChI=1S/C8H13N5S/c1-7-8(14-6-10-7)5-13(2)4-3-11-12-9/h6H,3-5H2,1-2H3. The summed E-state index contributed by atoms with van der Waals surface area (Å²) in [5.41, 5.74) is 11.1. The van der Waals surface area contributed by atoms with Crippen molar-refractivity contribution in [3.63, 3.8) is 0 Å². The van der Waals surface area contributed by atoms with E-state index in [0.29, 0.717) is 6.54 Å². The molecule has 0 fully saturated rings. The first-order valence-corrected chi connectivity index (χ1v) is 5.20. The second-order valence-corrected chi connectivity index (χ2v) is 3.99. The zero-order chi connectivity index (χ0) is 10.4. The molecule has 0 radical (unpaired) electrons. The van der Waals surface area contributed by atoms with Crippen LogP contribution in [-0.4, -0.2) is 30.0 Å². The number of nitrogens with zero attached hydrogens (tertiary/aromatic N) is 5. The minimum absolute atomic E-state index is 0.519. The number of aryl methyl sites for hydroxylation is 1. The summed E-state index contributed by atoms with van der Waals surface area (Å²) in [5, 5.41) is 3.49. The Bertz CT molecular complexity index is 328. The highest BCUT2D eigenvalue weighted by Gasteiger charge is 2.04. The summed E-state index contributed by atoms with van der Waals surface area (Å²) >= 11 is 1.66. The molecule has 0 aliphatic heterocycles. The lowest BCUT2D eigenvalue weighted by molar-refractivity contribution is 0.338. The van der Waals surface area contributed by atoms with E-state index < -0.39 is 0 Å². The third kappa shape index (κ3) is 3.33. The SMILES string of the molecule is Cc1ncsc1CN(C)CCN=[N+]=[N-]. The lowest BCUT2D eigenvalue weighted by Gasteiger charge is -2.13. The second kappa shape index (κ2) is 5.59. The molecule has 0 saturated carbocycles. The van der Waals surface area contributed by atoms with Gasteiger partial charge >= 0.3 is 0 Å². The Morgan fingerprint density at radius 2 is 2.50 bits per heavy atom. The van der Waals surface area contributed by atoms with Gasteiger partial charge in [0.15, 0.2) is 0 Å². The van der Waals surface area contributed by atoms with Gasteiger partial charge in [-0.2, -0.15) is 0 Å². The van der Waals surface area contributed by atoms with Crippen LogP contribution in [-0.2, 0) is 6.54 Å². The highest BCUT2D eigenvalue weighted by molar-refractivity contribution is 7.09. The summed E-state index contributed by atoms with van der Waals surface area (Å²) in [5.74, 6) is 0. The van der Waals surface area contributed by atoms with Gasteiger partial charge in [0.25, 0.3) is 0 Å². The molecule has 0 spiro atoms. The van der Waals surface area contributed by atoms with E-state index in [4.69, 9.17) is 5.53 Å². The average Bonchev–Trinajstić information content (AvgIpc) is 2.52. The lowest BCUT2D eigenvalue weighted by Crippen LogP contribution is -2.20. The molecule has 1 heterocycles. The Hall–Kier alpha value is -1.10. The fourth-order valence-electron chi connectivity index (χ4n) is 1.06. The van der Waals surface area contributed by atoms with Crippen LogP contribution in [0.25, 0.3) is 10.4 Å². The van der Waals surface area contributed by atoms with E-state index in [1.54, 1.807) is 11.3 Å². The van der Waals surface area contributed by atoms with Crippen molar-refractivity contribution in [2.75, 3.05) is 20.1 Å². The molecule has 5 nitrogen and oxygen atoms in total. The minimum atomic E-state index is 0.519. The van der Waals surface area contributed by atoms with Crippen LogP contribution < -0.4 is 0 Å². The molecule has 14 heavy (non-hydrogen) atoms. The predicted octanol–water partition coefficient (Wildman–Crippen LogP) is 2.19. The first kappa shape index (κ1) is 11.0. The maximum atomic E-state index is 8.11. The van der Waals surface area contributed by atoms with Crippen LogP contribution in [0.4, 0.5) is 0 Å². The molecule has 1 aromatic rings. The molecule has 0 N–H and O–H groups in total. The Balaban J connectivity index is 2.37. The number of aromatic nitrogens is 1. The number of thiazole rings is 1. The maximum absolute atomic E-state index is 8.11. The molecular formula is C8H13N5S. The van der Waals surface area contributed by atoms with E-state index in [0.717, 1.165) is 18.8 Å². The van der Waals surface area contributed by atoms with Gasteiger partial charge in [0.2, 0.25) is 0 Å². The Morgan fingerprint density at radius 1 is 1.71 bits per heavy atom. The number of rotatable bonds is 5. The Kier molecular flexibility index (Phi) is 4.39. The number of hydrogen-bond acceptors (Lipinski definition) is 4. The molecule has 0 aromatic carbocycles. The molecule has 1 rings (SSSR count). The molecule has 0 bridgehead atoms. The summed E-state index contributed by atoms with van der Waals surface area (Å²) in [7, 11) is 2.01. The summed E-state index contributed by atoms with van der Waals surface area (Å²) in [4.78, 5) is 10.3. The van der Waals surface area contributed by atoms with Crippen molar-refractivity contribution in [1.29, 1.82) is 0 Å². The highest BCUT2D eigenvalue weighted by atomic mass is 32.1. The van der Waals surface area contributed by atoms with Crippen molar-refractivity contribution in [1.82, 2.24) is 9.88 Å². The quantitative estimate of drug-likeness (QED) is 0.425. The van der Waals surface area contributed by atoms with Crippen LogP contribution in [0.3, 0.4) is 0 Å². The number of azide groups is 1. The third-order valence-electron chi connectivity index (χ3n) is 1.90. The molecule has 0 unspecified atom stereocenters. The monoisotopic (exact) mass is 211 g/mol. The average molecular weight is 211 g/mol. The van der Waals surface area contributed by atoms with Crippen LogP contribution in [0.5, 0.6) is 0 Å². The Morgan fingerprint density at radius 3 is 3.07 bits per heavy atom. The fourth-order valence-corrected chi connectivity index (χ4v) is 1.92.